The van der Waals surface area contributed by atoms with Crippen molar-refractivity contribution in [3.05, 3.63) is 11.6 Å². The molecule has 0 aliphatic carbocycles. The number of carbonyl (C=O) groups is 2. The normalized spacial score (nSPS) is 27.5. The van der Waals surface area contributed by atoms with Crippen molar-refractivity contribution >= 4 is 11.8 Å². The summed E-state index contributed by atoms with van der Waals surface area (Å²) >= 11 is 0. The Morgan fingerprint density at radius 1 is 1.29 bits per heavy atom. The first-order valence-corrected chi connectivity index (χ1v) is 9.21. The molecule has 0 amide bonds. The highest BCUT2D eigenvalue weighted by molar-refractivity contribution is 5.96. The molecule has 0 aromatic rings. The van der Waals surface area contributed by atoms with Crippen molar-refractivity contribution in [2.24, 2.45) is 29.6 Å². The molecule has 138 valence electrons. The van der Waals surface area contributed by atoms with Gasteiger partial charge in [0.2, 0.25) is 0 Å². The van der Waals surface area contributed by atoms with Gasteiger partial charge in [0, 0.05) is 5.92 Å². The molecule has 1 fully saturated rings. The van der Waals surface area contributed by atoms with E-state index in [9.17, 15) is 14.7 Å². The summed E-state index contributed by atoms with van der Waals surface area (Å²) in [5, 5.41) is 10.3. The van der Waals surface area contributed by atoms with Gasteiger partial charge in [-0.05, 0) is 43.6 Å². The van der Waals surface area contributed by atoms with E-state index < -0.39 is 6.10 Å². The van der Waals surface area contributed by atoms with Crippen molar-refractivity contribution in [3.63, 3.8) is 0 Å². The zero-order chi connectivity index (χ0) is 18.6. The Balaban J connectivity index is 2.60. The molecule has 0 bridgehead atoms. The summed E-state index contributed by atoms with van der Waals surface area (Å²) < 4.78 is 5.22. The molecule has 1 heterocycles. The zero-order valence-electron chi connectivity index (χ0n) is 16.2. The minimum absolute atomic E-state index is 0.00416. The molecule has 0 radical (unpaired) electrons. The van der Waals surface area contributed by atoms with E-state index in [1.54, 1.807) is 6.92 Å². The van der Waals surface area contributed by atoms with Crippen LogP contribution in [0.25, 0.3) is 0 Å². The van der Waals surface area contributed by atoms with Gasteiger partial charge in [-0.1, -0.05) is 47.1 Å². The van der Waals surface area contributed by atoms with E-state index in [0.717, 1.165) is 12.8 Å². The van der Waals surface area contributed by atoms with Gasteiger partial charge in [-0.25, -0.2) is 0 Å². The minimum atomic E-state index is -0.602. The molecule has 1 N–H and O–H groups in total. The molecule has 4 nitrogen and oxygen atoms in total. The predicted molar refractivity (Wildman–Crippen MR) is 95.4 cm³/mol. The molecule has 7 atom stereocenters. The summed E-state index contributed by atoms with van der Waals surface area (Å²) in [6.45, 7) is 13.7. The van der Waals surface area contributed by atoms with Crippen LogP contribution in [0.1, 0.15) is 61.3 Å². The Kier molecular flexibility index (Phi) is 7.65. The molecular weight excluding hydrogens is 304 g/mol. The first kappa shape index (κ1) is 20.9. The molecule has 1 rings (SSSR count). The van der Waals surface area contributed by atoms with Gasteiger partial charge in [-0.15, -0.1) is 0 Å². The number of esters is 1. The highest BCUT2D eigenvalue weighted by Gasteiger charge is 2.42. The van der Waals surface area contributed by atoms with Crippen LogP contribution in [-0.2, 0) is 14.3 Å². The maximum Gasteiger partial charge on any atom is 0.312 e. The fraction of sp³-hybridized carbons (Fsp3) is 0.800. The van der Waals surface area contributed by atoms with Crippen molar-refractivity contribution in [1.29, 1.82) is 0 Å². The number of aliphatic hydroxyl groups is 1. The molecule has 1 aliphatic heterocycles. The lowest BCUT2D eigenvalue weighted by atomic mass is 9.82. The van der Waals surface area contributed by atoms with E-state index in [-0.39, 0.29) is 47.4 Å². The minimum Gasteiger partial charge on any atom is -0.461 e. The number of allylic oxidation sites excluding steroid dienone is 2. The number of hydrogen-bond donors (Lipinski definition) is 1. The number of ketones is 1. The second kappa shape index (κ2) is 8.80. The van der Waals surface area contributed by atoms with Gasteiger partial charge in [0.1, 0.15) is 6.10 Å². The Bertz CT molecular complexity index is 482. The van der Waals surface area contributed by atoms with E-state index in [2.05, 4.69) is 13.8 Å². The quantitative estimate of drug-likeness (QED) is 0.513. The number of aliphatic hydroxyl groups excluding tert-OH is 1. The van der Waals surface area contributed by atoms with Crippen molar-refractivity contribution < 1.29 is 19.4 Å². The summed E-state index contributed by atoms with van der Waals surface area (Å²) in [4.78, 5) is 23.7. The summed E-state index contributed by atoms with van der Waals surface area (Å²) in [6.07, 6.45) is 3.11. The summed E-state index contributed by atoms with van der Waals surface area (Å²) in [5.41, 5.74) is 0.711. The summed E-state index contributed by atoms with van der Waals surface area (Å²) in [5.74, 6) is 0.111. The van der Waals surface area contributed by atoms with E-state index >= 15 is 0 Å². The Labute approximate surface area is 146 Å². The Morgan fingerprint density at radius 3 is 2.33 bits per heavy atom. The maximum atomic E-state index is 12.5. The SMILES string of the molecule is CC[C@@H](C)[C@@H](O)[C@H](C)C(=O)C(C)=CC(C)C[C@H](C)[C@@H]1OC(=O)[C@H]1C. The molecule has 1 unspecified atom stereocenters. The van der Waals surface area contributed by atoms with Gasteiger partial charge in [0.15, 0.2) is 5.78 Å². The predicted octanol–water partition coefficient (Wildman–Crippen LogP) is 3.77. The average molecular weight is 338 g/mol. The highest BCUT2D eigenvalue weighted by Crippen LogP contribution is 2.32. The largest absolute Gasteiger partial charge is 0.461 e. The van der Waals surface area contributed by atoms with Gasteiger partial charge in [-0.3, -0.25) is 9.59 Å². The molecule has 0 aromatic heterocycles. The van der Waals surface area contributed by atoms with Crippen LogP contribution in [-0.4, -0.2) is 29.1 Å². The Hall–Kier alpha value is -1.16. The van der Waals surface area contributed by atoms with Gasteiger partial charge < -0.3 is 9.84 Å². The fourth-order valence-electron chi connectivity index (χ4n) is 3.56. The van der Waals surface area contributed by atoms with Crippen LogP contribution in [0, 0.1) is 29.6 Å². The number of rotatable bonds is 9. The molecule has 4 heteroatoms. The van der Waals surface area contributed by atoms with E-state index in [4.69, 9.17) is 4.74 Å². The number of ether oxygens (including phenoxy) is 1. The second-order valence-corrected chi connectivity index (χ2v) is 7.76. The second-order valence-electron chi connectivity index (χ2n) is 7.76. The number of Topliss-reactive ketones (excluding diaryl/α,β-unsaturated/α-hetero) is 1. The first-order valence-electron chi connectivity index (χ1n) is 9.21. The first-order chi connectivity index (χ1) is 11.1. The molecular formula is C20H34O4. The third kappa shape index (κ3) is 4.92. The van der Waals surface area contributed by atoms with E-state index in [1.807, 2.05) is 33.8 Å². The molecule has 0 spiro atoms. The molecule has 1 saturated heterocycles. The van der Waals surface area contributed by atoms with Crippen LogP contribution >= 0.6 is 0 Å². The fourth-order valence-corrected chi connectivity index (χ4v) is 3.56. The molecule has 1 aliphatic rings. The van der Waals surface area contributed by atoms with Gasteiger partial charge in [0.05, 0.1) is 12.0 Å². The number of carbonyl (C=O) groups excluding carboxylic acids is 2. The molecule has 24 heavy (non-hydrogen) atoms. The summed E-state index contributed by atoms with van der Waals surface area (Å²) in [6, 6.07) is 0. The van der Waals surface area contributed by atoms with Crippen molar-refractivity contribution in [1.82, 2.24) is 0 Å². The lowest BCUT2D eigenvalue weighted by molar-refractivity contribution is -0.189. The average Bonchev–Trinajstić information content (AvgIpc) is 2.55. The monoisotopic (exact) mass is 338 g/mol. The van der Waals surface area contributed by atoms with Crippen LogP contribution in [0.15, 0.2) is 11.6 Å². The van der Waals surface area contributed by atoms with Gasteiger partial charge in [-0.2, -0.15) is 0 Å². The van der Waals surface area contributed by atoms with Gasteiger partial charge in [0.25, 0.3) is 0 Å². The number of hydrogen-bond acceptors (Lipinski definition) is 4. The standard InChI is InChI=1S/C20H34O4/c1-8-12(3)17(21)15(6)18(22)13(4)9-11(2)10-14(5)19-16(7)20(23)24-19/h9,11-12,14-17,19,21H,8,10H2,1-7H3/t11?,12-,14+,15+,16+,17-,19+/m1/s1. The lowest BCUT2D eigenvalue weighted by Crippen LogP contribution is -2.47. The van der Waals surface area contributed by atoms with Crippen LogP contribution < -0.4 is 0 Å². The Morgan fingerprint density at radius 2 is 1.88 bits per heavy atom. The van der Waals surface area contributed by atoms with Gasteiger partial charge >= 0.3 is 5.97 Å². The summed E-state index contributed by atoms with van der Waals surface area (Å²) in [7, 11) is 0. The highest BCUT2D eigenvalue weighted by atomic mass is 16.6. The zero-order valence-corrected chi connectivity index (χ0v) is 16.2. The smallest absolute Gasteiger partial charge is 0.312 e. The van der Waals surface area contributed by atoms with Crippen molar-refractivity contribution in [2.75, 3.05) is 0 Å². The van der Waals surface area contributed by atoms with Crippen molar-refractivity contribution in [3.8, 4) is 0 Å². The number of cyclic esters (lactones) is 1. The van der Waals surface area contributed by atoms with Crippen LogP contribution in [0.3, 0.4) is 0 Å². The van der Waals surface area contributed by atoms with Crippen LogP contribution in [0.5, 0.6) is 0 Å². The van der Waals surface area contributed by atoms with E-state index in [1.165, 1.54) is 0 Å². The molecule has 0 aromatic carbocycles. The topological polar surface area (TPSA) is 63.6 Å². The lowest BCUT2D eigenvalue weighted by Gasteiger charge is -2.37. The van der Waals surface area contributed by atoms with Crippen LogP contribution in [0.4, 0.5) is 0 Å². The van der Waals surface area contributed by atoms with Crippen LogP contribution in [0.2, 0.25) is 0 Å². The third-order valence-electron chi connectivity index (χ3n) is 5.50. The molecule has 0 saturated carbocycles. The van der Waals surface area contributed by atoms with Crippen molar-refractivity contribution in [2.45, 2.75) is 73.5 Å². The van der Waals surface area contributed by atoms with E-state index in [0.29, 0.717) is 5.57 Å². The third-order valence-corrected chi connectivity index (χ3v) is 5.50. The maximum absolute atomic E-state index is 12.5.